The van der Waals surface area contributed by atoms with Crippen molar-refractivity contribution in [1.82, 2.24) is 9.47 Å². The molecule has 0 radical (unpaired) electrons. The van der Waals surface area contributed by atoms with Gasteiger partial charge in [-0.25, -0.2) is 0 Å². The number of hydrogen-bond donors (Lipinski definition) is 0. The zero-order chi connectivity index (χ0) is 9.26. The van der Waals surface area contributed by atoms with Gasteiger partial charge in [0.15, 0.2) is 6.29 Å². The molecule has 1 aliphatic rings. The van der Waals surface area contributed by atoms with Gasteiger partial charge in [-0.05, 0) is 32.1 Å². The molecule has 3 nitrogen and oxygen atoms in total. The molecule has 0 saturated carbocycles. The molecule has 0 amide bonds. The van der Waals surface area contributed by atoms with E-state index in [1.165, 1.54) is 0 Å². The van der Waals surface area contributed by atoms with E-state index in [0.717, 1.165) is 31.5 Å². The van der Waals surface area contributed by atoms with Crippen LogP contribution < -0.4 is 0 Å². The summed E-state index contributed by atoms with van der Waals surface area (Å²) in [5, 5.41) is 0. The monoisotopic (exact) mass is 178 g/mol. The van der Waals surface area contributed by atoms with Gasteiger partial charge < -0.3 is 9.47 Å². The SMILES string of the molecule is CN1CCC(n2cccc2C=O)C1. The molecule has 2 heterocycles. The highest BCUT2D eigenvalue weighted by Gasteiger charge is 2.21. The first kappa shape index (κ1) is 8.51. The van der Waals surface area contributed by atoms with Gasteiger partial charge in [0.05, 0.1) is 5.69 Å². The third-order valence-corrected chi connectivity index (χ3v) is 2.69. The topological polar surface area (TPSA) is 25.2 Å². The molecule has 0 aliphatic carbocycles. The second kappa shape index (κ2) is 3.34. The van der Waals surface area contributed by atoms with Gasteiger partial charge >= 0.3 is 0 Å². The lowest BCUT2D eigenvalue weighted by molar-refractivity contribution is 0.111. The van der Waals surface area contributed by atoms with Crippen LogP contribution in [0.2, 0.25) is 0 Å². The molecule has 1 aliphatic heterocycles. The number of aromatic nitrogens is 1. The highest BCUT2D eigenvalue weighted by molar-refractivity contribution is 5.72. The summed E-state index contributed by atoms with van der Waals surface area (Å²) in [7, 11) is 2.12. The van der Waals surface area contributed by atoms with Crippen molar-refractivity contribution >= 4 is 6.29 Å². The third kappa shape index (κ3) is 1.52. The van der Waals surface area contributed by atoms with Crippen LogP contribution in [-0.4, -0.2) is 35.9 Å². The Morgan fingerprint density at radius 1 is 1.62 bits per heavy atom. The first-order chi connectivity index (χ1) is 6.31. The molecular weight excluding hydrogens is 164 g/mol. The summed E-state index contributed by atoms with van der Waals surface area (Å²) in [6.45, 7) is 2.18. The minimum atomic E-state index is 0.486. The number of hydrogen-bond acceptors (Lipinski definition) is 2. The van der Waals surface area contributed by atoms with Gasteiger partial charge in [-0.15, -0.1) is 0 Å². The summed E-state index contributed by atoms with van der Waals surface area (Å²) >= 11 is 0. The van der Waals surface area contributed by atoms with Gasteiger partial charge in [-0.1, -0.05) is 0 Å². The fraction of sp³-hybridized carbons (Fsp3) is 0.500. The fourth-order valence-electron chi connectivity index (χ4n) is 1.98. The predicted molar refractivity (Wildman–Crippen MR) is 51.0 cm³/mol. The number of likely N-dealkylation sites (N-methyl/N-ethyl adjacent to an activating group) is 1. The second-order valence-electron chi connectivity index (χ2n) is 3.66. The van der Waals surface area contributed by atoms with Crippen molar-refractivity contribution in [3.05, 3.63) is 24.0 Å². The molecule has 1 aromatic rings. The zero-order valence-electron chi connectivity index (χ0n) is 7.81. The quantitative estimate of drug-likeness (QED) is 0.635. The number of likely N-dealkylation sites (tertiary alicyclic amines) is 1. The van der Waals surface area contributed by atoms with Crippen LogP contribution in [0, 0.1) is 0 Å². The van der Waals surface area contributed by atoms with Crippen LogP contribution in [0.3, 0.4) is 0 Å². The highest BCUT2D eigenvalue weighted by Crippen LogP contribution is 2.21. The van der Waals surface area contributed by atoms with Crippen molar-refractivity contribution in [3.63, 3.8) is 0 Å². The maximum Gasteiger partial charge on any atom is 0.166 e. The third-order valence-electron chi connectivity index (χ3n) is 2.69. The van der Waals surface area contributed by atoms with Crippen molar-refractivity contribution in [2.45, 2.75) is 12.5 Å². The standard InChI is InChI=1S/C10H14N2O/c1-11-6-4-9(7-11)12-5-2-3-10(12)8-13/h2-3,5,8-9H,4,6-7H2,1H3. The molecule has 0 aromatic carbocycles. The number of carbonyl (C=O) groups excluding carboxylic acids is 1. The summed E-state index contributed by atoms with van der Waals surface area (Å²) in [4.78, 5) is 13.0. The summed E-state index contributed by atoms with van der Waals surface area (Å²) < 4.78 is 2.08. The number of nitrogens with zero attached hydrogens (tertiary/aromatic N) is 2. The Hall–Kier alpha value is -1.09. The molecule has 0 bridgehead atoms. The lowest BCUT2D eigenvalue weighted by atomic mass is 10.2. The van der Waals surface area contributed by atoms with E-state index in [4.69, 9.17) is 0 Å². The van der Waals surface area contributed by atoms with Crippen LogP contribution in [0.1, 0.15) is 23.0 Å². The van der Waals surface area contributed by atoms with E-state index in [9.17, 15) is 4.79 Å². The molecule has 0 spiro atoms. The van der Waals surface area contributed by atoms with E-state index in [-0.39, 0.29) is 0 Å². The van der Waals surface area contributed by atoms with E-state index in [1.54, 1.807) is 0 Å². The van der Waals surface area contributed by atoms with Crippen LogP contribution in [0.25, 0.3) is 0 Å². The maximum atomic E-state index is 10.7. The summed E-state index contributed by atoms with van der Waals surface area (Å²) in [5.74, 6) is 0. The normalized spacial score (nSPS) is 23.6. The molecule has 1 atom stereocenters. The van der Waals surface area contributed by atoms with E-state index < -0.39 is 0 Å². The Bertz CT molecular complexity index is 306. The van der Waals surface area contributed by atoms with Crippen molar-refractivity contribution in [3.8, 4) is 0 Å². The Morgan fingerprint density at radius 3 is 3.08 bits per heavy atom. The molecular formula is C10H14N2O. The van der Waals surface area contributed by atoms with E-state index in [0.29, 0.717) is 6.04 Å². The average Bonchev–Trinajstić information content (AvgIpc) is 2.71. The van der Waals surface area contributed by atoms with Crippen LogP contribution in [-0.2, 0) is 0 Å². The lowest BCUT2D eigenvalue weighted by Gasteiger charge is -2.13. The van der Waals surface area contributed by atoms with Gasteiger partial charge in [-0.3, -0.25) is 4.79 Å². The molecule has 0 N–H and O–H groups in total. The minimum Gasteiger partial charge on any atom is -0.341 e. The van der Waals surface area contributed by atoms with E-state index in [1.807, 2.05) is 18.3 Å². The maximum absolute atomic E-state index is 10.7. The molecule has 3 heteroatoms. The molecule has 2 rings (SSSR count). The zero-order valence-corrected chi connectivity index (χ0v) is 7.81. The van der Waals surface area contributed by atoms with Gasteiger partial charge in [0.1, 0.15) is 0 Å². The molecule has 13 heavy (non-hydrogen) atoms. The Labute approximate surface area is 78.0 Å². The number of carbonyl (C=O) groups is 1. The van der Waals surface area contributed by atoms with Gasteiger partial charge in [0.2, 0.25) is 0 Å². The summed E-state index contributed by atoms with van der Waals surface area (Å²) in [6, 6.07) is 4.29. The lowest BCUT2D eigenvalue weighted by Crippen LogP contribution is -2.17. The van der Waals surface area contributed by atoms with Crippen molar-refractivity contribution in [2.24, 2.45) is 0 Å². The van der Waals surface area contributed by atoms with Crippen molar-refractivity contribution in [2.75, 3.05) is 20.1 Å². The fourth-order valence-corrected chi connectivity index (χ4v) is 1.98. The molecule has 70 valence electrons. The first-order valence-electron chi connectivity index (χ1n) is 4.62. The molecule has 1 aromatic heterocycles. The Balaban J connectivity index is 2.20. The van der Waals surface area contributed by atoms with Gasteiger partial charge in [0, 0.05) is 18.8 Å². The average molecular weight is 178 g/mol. The summed E-state index contributed by atoms with van der Waals surface area (Å²) in [6.07, 6.45) is 4.07. The van der Waals surface area contributed by atoms with Crippen LogP contribution in [0.15, 0.2) is 18.3 Å². The predicted octanol–water partition coefficient (Wildman–Crippen LogP) is 1.18. The van der Waals surface area contributed by atoms with Crippen LogP contribution >= 0.6 is 0 Å². The molecule has 1 saturated heterocycles. The van der Waals surface area contributed by atoms with Gasteiger partial charge in [0.25, 0.3) is 0 Å². The highest BCUT2D eigenvalue weighted by atomic mass is 16.1. The first-order valence-corrected chi connectivity index (χ1v) is 4.62. The minimum absolute atomic E-state index is 0.486. The molecule has 1 fully saturated rings. The smallest absolute Gasteiger partial charge is 0.166 e. The number of aldehydes is 1. The van der Waals surface area contributed by atoms with Crippen LogP contribution in [0.4, 0.5) is 0 Å². The second-order valence-corrected chi connectivity index (χ2v) is 3.66. The van der Waals surface area contributed by atoms with Crippen molar-refractivity contribution in [1.29, 1.82) is 0 Å². The van der Waals surface area contributed by atoms with Crippen LogP contribution in [0.5, 0.6) is 0 Å². The van der Waals surface area contributed by atoms with E-state index in [2.05, 4.69) is 16.5 Å². The van der Waals surface area contributed by atoms with E-state index >= 15 is 0 Å². The Kier molecular flexibility index (Phi) is 2.19. The van der Waals surface area contributed by atoms with Gasteiger partial charge in [-0.2, -0.15) is 0 Å². The molecule has 1 unspecified atom stereocenters. The summed E-state index contributed by atoms with van der Waals surface area (Å²) in [5.41, 5.74) is 0.792. The largest absolute Gasteiger partial charge is 0.341 e. The Morgan fingerprint density at radius 2 is 2.46 bits per heavy atom. The van der Waals surface area contributed by atoms with Crippen molar-refractivity contribution < 1.29 is 4.79 Å². The number of rotatable bonds is 2.